The van der Waals surface area contributed by atoms with Crippen molar-refractivity contribution in [3.8, 4) is 0 Å². The number of nitrogens with zero attached hydrogens (tertiary/aromatic N) is 1. The van der Waals surface area contributed by atoms with Crippen molar-refractivity contribution in [2.75, 3.05) is 0 Å². The molecule has 0 rings (SSSR count). The highest BCUT2D eigenvalue weighted by Crippen LogP contribution is 2.09. The lowest BCUT2D eigenvalue weighted by atomic mass is 10.3. The van der Waals surface area contributed by atoms with Crippen molar-refractivity contribution in [1.82, 2.24) is 4.67 Å². The molecule has 0 aliphatic heterocycles. The quantitative estimate of drug-likeness (QED) is 0.519. The highest BCUT2D eigenvalue weighted by Gasteiger charge is 2.10. The maximum atomic E-state index is 2.36. The van der Waals surface area contributed by atoms with Crippen LogP contribution >= 0.6 is 9.39 Å². The molecule has 0 fully saturated rings. The van der Waals surface area contributed by atoms with Gasteiger partial charge < -0.3 is 0 Å². The van der Waals surface area contributed by atoms with Crippen molar-refractivity contribution in [2.45, 2.75) is 39.8 Å². The third-order valence-corrected chi connectivity index (χ3v) is 2.79. The predicted octanol–water partition coefficient (Wildman–Crippen LogP) is 1.63. The van der Waals surface area contributed by atoms with Gasteiger partial charge in [0.2, 0.25) is 0 Å². The first-order chi connectivity index (χ1) is 3.55. The molecule has 0 aromatic carbocycles. The molecule has 1 atom stereocenters. The summed E-state index contributed by atoms with van der Waals surface area (Å²) >= 11 is 0. The molecule has 0 saturated carbocycles. The lowest BCUT2D eigenvalue weighted by Gasteiger charge is -2.18. The van der Waals surface area contributed by atoms with E-state index in [1.807, 2.05) is 9.39 Å². The van der Waals surface area contributed by atoms with Crippen molar-refractivity contribution < 1.29 is 0 Å². The van der Waals surface area contributed by atoms with Crippen LogP contribution < -0.4 is 0 Å². The zero-order chi connectivity index (χ0) is 6.73. The molecule has 0 aromatic rings. The van der Waals surface area contributed by atoms with Crippen LogP contribution in [0.25, 0.3) is 0 Å². The summed E-state index contributed by atoms with van der Waals surface area (Å²) in [7, 11) is 1.96. The number of rotatable bonds is 2. The average Bonchev–Trinajstić information content (AvgIpc) is 1.64. The zero-order valence-electron chi connectivity index (χ0n) is 6.31. The molecular weight excluding hydrogens is 117 g/mol. The van der Waals surface area contributed by atoms with Gasteiger partial charge in [-0.15, -0.1) is 0 Å². The minimum absolute atomic E-state index is 0.688. The highest BCUT2D eigenvalue weighted by atomic mass is 31.0. The maximum Gasteiger partial charge on any atom is 0.0437 e. The molecule has 0 aromatic heterocycles. The van der Waals surface area contributed by atoms with Gasteiger partial charge in [-0.05, 0) is 27.7 Å². The van der Waals surface area contributed by atoms with Crippen molar-refractivity contribution in [3.63, 3.8) is 0 Å². The molecule has 1 unspecified atom stereocenters. The van der Waals surface area contributed by atoms with Crippen LogP contribution in [0.2, 0.25) is 0 Å². The van der Waals surface area contributed by atoms with Crippen LogP contribution in [0.5, 0.6) is 0 Å². The summed E-state index contributed by atoms with van der Waals surface area (Å²) in [5, 5.41) is 0. The summed E-state index contributed by atoms with van der Waals surface area (Å²) in [4.78, 5) is 0. The van der Waals surface area contributed by atoms with Gasteiger partial charge in [-0.25, -0.2) is 0 Å². The van der Waals surface area contributed by atoms with Gasteiger partial charge in [0.25, 0.3) is 0 Å². The van der Waals surface area contributed by atoms with Crippen molar-refractivity contribution in [1.29, 1.82) is 0 Å². The molecular formula is C6H17NP+. The van der Waals surface area contributed by atoms with Gasteiger partial charge in [0.15, 0.2) is 0 Å². The van der Waals surface area contributed by atoms with Gasteiger partial charge >= 0.3 is 0 Å². The molecule has 0 N–H and O–H groups in total. The van der Waals surface area contributed by atoms with E-state index in [0.29, 0.717) is 12.1 Å². The molecule has 0 aliphatic carbocycles. The molecule has 0 saturated heterocycles. The van der Waals surface area contributed by atoms with E-state index >= 15 is 0 Å². The summed E-state index contributed by atoms with van der Waals surface area (Å²) in [5.41, 5.74) is 0. The topological polar surface area (TPSA) is 3.24 Å². The minimum atomic E-state index is 0.688. The molecule has 0 aliphatic rings. The Labute approximate surface area is 54.7 Å². The van der Waals surface area contributed by atoms with E-state index in [-0.39, 0.29) is 0 Å². The lowest BCUT2D eigenvalue weighted by molar-refractivity contribution is 0.334. The smallest absolute Gasteiger partial charge is 0.0437 e. The SMILES string of the molecule is CC(C)N([PH3+])C(C)C. The normalized spacial score (nSPS) is 12.4. The Bertz CT molecular complexity index is 53.5. The van der Waals surface area contributed by atoms with Crippen LogP contribution in [0.4, 0.5) is 0 Å². The maximum absolute atomic E-state index is 2.36. The van der Waals surface area contributed by atoms with Crippen LogP contribution in [0.3, 0.4) is 0 Å². The summed E-state index contributed by atoms with van der Waals surface area (Å²) in [6.45, 7) is 8.86. The first kappa shape index (κ1) is 8.39. The summed E-state index contributed by atoms with van der Waals surface area (Å²) in [5.74, 6) is 0. The summed E-state index contributed by atoms with van der Waals surface area (Å²) in [6, 6.07) is 1.38. The van der Waals surface area contributed by atoms with Crippen LogP contribution in [0, 0.1) is 0 Å². The Morgan fingerprint density at radius 2 is 1.25 bits per heavy atom. The van der Waals surface area contributed by atoms with E-state index < -0.39 is 0 Å². The summed E-state index contributed by atoms with van der Waals surface area (Å²) in [6.07, 6.45) is 0. The van der Waals surface area contributed by atoms with Gasteiger partial charge in [0.1, 0.15) is 0 Å². The largest absolute Gasteiger partial charge is 0.183 e. The fourth-order valence-corrected chi connectivity index (χ4v) is 0.596. The van der Waals surface area contributed by atoms with E-state index in [2.05, 4.69) is 32.4 Å². The Morgan fingerprint density at radius 1 is 1.00 bits per heavy atom. The van der Waals surface area contributed by atoms with E-state index in [9.17, 15) is 0 Å². The fraction of sp³-hybridized carbons (Fsp3) is 1.00. The van der Waals surface area contributed by atoms with Crippen LogP contribution in [0.15, 0.2) is 0 Å². The molecule has 0 bridgehead atoms. The second kappa shape index (κ2) is 3.42. The molecule has 0 spiro atoms. The molecule has 1 nitrogen and oxygen atoms in total. The Hall–Kier alpha value is 0.390. The second-order valence-electron chi connectivity index (χ2n) is 2.70. The van der Waals surface area contributed by atoms with E-state index in [1.165, 1.54) is 0 Å². The van der Waals surface area contributed by atoms with E-state index in [0.717, 1.165) is 0 Å². The third kappa shape index (κ3) is 2.64. The number of hydrogen-bond acceptors (Lipinski definition) is 1. The second-order valence-corrected chi connectivity index (χ2v) is 3.43. The Balaban J connectivity index is 3.46. The zero-order valence-corrected chi connectivity index (χ0v) is 7.72. The number of hydrogen-bond donors (Lipinski definition) is 0. The van der Waals surface area contributed by atoms with Crippen molar-refractivity contribution in [3.05, 3.63) is 0 Å². The molecule has 8 heavy (non-hydrogen) atoms. The molecule has 0 amide bonds. The monoisotopic (exact) mass is 134 g/mol. The molecule has 50 valence electrons. The van der Waals surface area contributed by atoms with Crippen LogP contribution in [0.1, 0.15) is 27.7 Å². The van der Waals surface area contributed by atoms with Gasteiger partial charge in [0.05, 0.1) is 0 Å². The van der Waals surface area contributed by atoms with Crippen LogP contribution in [-0.2, 0) is 0 Å². The predicted molar refractivity (Wildman–Crippen MR) is 43.2 cm³/mol. The molecule has 2 heteroatoms. The minimum Gasteiger partial charge on any atom is -0.183 e. The van der Waals surface area contributed by atoms with Crippen LogP contribution in [-0.4, -0.2) is 16.8 Å². The van der Waals surface area contributed by atoms with Gasteiger partial charge in [-0.2, -0.15) is 4.67 Å². The fourth-order valence-electron chi connectivity index (χ4n) is 0.596. The standard InChI is InChI=1S/C6H16NP/c1-5(2)7(8)6(3)4/h5-6H,8H2,1-4H3/p+1. The van der Waals surface area contributed by atoms with E-state index in [1.54, 1.807) is 0 Å². The molecule has 0 radical (unpaired) electrons. The Morgan fingerprint density at radius 3 is 1.25 bits per heavy atom. The van der Waals surface area contributed by atoms with Gasteiger partial charge in [-0.3, -0.25) is 0 Å². The first-order valence-corrected chi connectivity index (χ1v) is 3.77. The molecule has 0 heterocycles. The summed E-state index contributed by atoms with van der Waals surface area (Å²) < 4.78 is 2.36. The Kier molecular flexibility index (Phi) is 3.59. The van der Waals surface area contributed by atoms with Gasteiger partial charge in [-0.1, -0.05) is 0 Å². The van der Waals surface area contributed by atoms with Crippen molar-refractivity contribution in [2.24, 2.45) is 0 Å². The van der Waals surface area contributed by atoms with Gasteiger partial charge in [0, 0.05) is 21.5 Å². The lowest BCUT2D eigenvalue weighted by Crippen LogP contribution is -2.26. The van der Waals surface area contributed by atoms with Crippen molar-refractivity contribution >= 4 is 9.39 Å². The third-order valence-electron chi connectivity index (χ3n) is 1.33. The first-order valence-electron chi connectivity index (χ1n) is 3.14. The van der Waals surface area contributed by atoms with E-state index in [4.69, 9.17) is 0 Å². The highest BCUT2D eigenvalue weighted by molar-refractivity contribution is 7.13. The average molecular weight is 134 g/mol.